The van der Waals surface area contributed by atoms with E-state index in [9.17, 15) is 38.4 Å². The summed E-state index contributed by atoms with van der Waals surface area (Å²) in [6.45, 7) is 8.18. The monoisotopic (exact) mass is 1530 g/mol. The minimum atomic E-state index is -1.47. The lowest BCUT2D eigenvalue weighted by Gasteiger charge is -2.35. The molecule has 8 amide bonds. The van der Waals surface area contributed by atoms with E-state index in [4.69, 9.17) is 37.9 Å². The lowest BCUT2D eigenvalue weighted by atomic mass is 9.89. The van der Waals surface area contributed by atoms with E-state index in [1.54, 1.807) is 41.5 Å². The van der Waals surface area contributed by atoms with Crippen molar-refractivity contribution in [2.75, 3.05) is 39.6 Å². The predicted octanol–water partition coefficient (Wildman–Crippen LogP) is 9.08. The summed E-state index contributed by atoms with van der Waals surface area (Å²) < 4.78 is 49.1. The lowest BCUT2D eigenvalue weighted by molar-refractivity contribution is -0.136. The maximum absolute atomic E-state index is 15.0. The number of alkyl carbamates (subject to hydrolysis) is 2. The number of amides is 8. The highest BCUT2D eigenvalue weighted by atomic mass is 79.9. The largest absolute Gasteiger partial charge is 0.444 e. The molecule has 0 spiro atoms. The van der Waals surface area contributed by atoms with Crippen molar-refractivity contribution in [1.29, 1.82) is 0 Å². The third kappa shape index (κ3) is 30.5. The van der Waals surface area contributed by atoms with Crippen molar-refractivity contribution in [2.45, 2.75) is 166 Å². The summed E-state index contributed by atoms with van der Waals surface area (Å²) in [6, 6.07) is 41.3. The summed E-state index contributed by atoms with van der Waals surface area (Å²) in [5.74, 6) is -4.70. The van der Waals surface area contributed by atoms with Crippen LogP contribution in [0.15, 0.2) is 179 Å². The van der Waals surface area contributed by atoms with E-state index in [0.717, 1.165) is 42.3 Å². The fourth-order valence-corrected chi connectivity index (χ4v) is 10.9. The van der Waals surface area contributed by atoms with Crippen LogP contribution in [0.5, 0.6) is 0 Å². The molecule has 8 atom stereocenters. The van der Waals surface area contributed by atoms with Crippen LogP contribution in [-0.2, 0) is 106 Å². The standard InChI is InChI=1S/C76H94Br2N8O16/c1-75(2,3)101-73(93)85-65(49-99-43-55-31-35-57(77)36-32-55)71(91)83-63(47-97-41-53-25-15-9-16-26-53)69(89)81-61(45-95-39-51-21-11-7-12-22-51)67(87)79-59-29-19-20-30-60(59)80-68(88)62(46-96-40-52-23-13-8-14-24-52)82-70(90)64(48-98-42-54-27-17-10-18-28-54)84-72(92)66(86-74(94)102-76(4,5)6)50-100-44-56-33-37-58(78)38-34-56/h7-18,21-28,31-38,59-66H,19-20,29-30,39-50H2,1-6H3,(H,79,87)(H,80,88)(H,81,89)(H,82,90)(H,83,91)(H,84,92)(H,85,93)(H,86,94)/t59-,60-,61+,62+,63-,64-,65+,66+/m1/s1. The van der Waals surface area contributed by atoms with Crippen LogP contribution in [-0.4, -0.2) is 147 Å². The summed E-state index contributed by atoms with van der Waals surface area (Å²) in [5, 5.41) is 22.4. The fraction of sp³-hybridized carbons (Fsp3) is 0.421. The van der Waals surface area contributed by atoms with E-state index in [-0.39, 0.29) is 66.1 Å². The molecule has 6 aromatic carbocycles. The Labute approximate surface area is 613 Å². The SMILES string of the molecule is CC(C)(C)OC(=O)N[C@@H](COCc1ccc(Br)cc1)C(=O)N[C@H](COCc1ccccc1)C(=O)N[C@@H](COCc1ccccc1)C(=O)N[C@@H]1CCCC[C@H]1NC(=O)[C@H](COCc1ccccc1)NC(=O)[C@@H](COCc1ccccc1)NC(=O)[C@H](COCc1ccc(Br)cc1)NC(=O)OC(C)(C)C. The number of benzene rings is 6. The molecule has 0 unspecified atom stereocenters. The van der Waals surface area contributed by atoms with Crippen molar-refractivity contribution >= 4 is 79.5 Å². The van der Waals surface area contributed by atoms with Crippen molar-refractivity contribution in [3.05, 3.63) is 212 Å². The Morgan fingerprint density at radius 2 is 0.539 bits per heavy atom. The van der Waals surface area contributed by atoms with Gasteiger partial charge in [-0.2, -0.15) is 0 Å². The second-order valence-electron chi connectivity index (χ2n) is 26.4. The smallest absolute Gasteiger partial charge is 0.408 e. The molecule has 0 bridgehead atoms. The molecule has 548 valence electrons. The molecule has 1 fully saturated rings. The number of hydrogen-bond donors (Lipinski definition) is 8. The van der Waals surface area contributed by atoms with E-state index in [1.165, 1.54) is 0 Å². The Balaban J connectivity index is 1.12. The van der Waals surface area contributed by atoms with Gasteiger partial charge in [0.25, 0.3) is 0 Å². The number of carbonyl (C=O) groups is 8. The molecule has 0 heterocycles. The van der Waals surface area contributed by atoms with E-state index in [2.05, 4.69) is 74.4 Å². The minimum Gasteiger partial charge on any atom is -0.444 e. The van der Waals surface area contributed by atoms with Crippen molar-refractivity contribution in [1.82, 2.24) is 42.5 Å². The lowest BCUT2D eigenvalue weighted by Crippen LogP contribution is -2.63. The average Bonchev–Trinajstić information content (AvgIpc) is 0.854. The summed E-state index contributed by atoms with van der Waals surface area (Å²) in [5.41, 5.74) is 2.81. The first-order valence-electron chi connectivity index (χ1n) is 33.8. The second kappa shape index (κ2) is 42.1. The first-order chi connectivity index (χ1) is 48.9. The minimum absolute atomic E-state index is 0.0411. The molecule has 0 radical (unpaired) electrons. The highest BCUT2D eigenvalue weighted by Crippen LogP contribution is 2.21. The summed E-state index contributed by atoms with van der Waals surface area (Å²) in [6.07, 6.45) is 0.211. The maximum atomic E-state index is 15.0. The molecule has 24 nitrogen and oxygen atoms in total. The molecular formula is C76H94Br2N8O16. The van der Waals surface area contributed by atoms with Gasteiger partial charge in [0.1, 0.15) is 47.5 Å². The van der Waals surface area contributed by atoms with Gasteiger partial charge in [-0.3, -0.25) is 28.8 Å². The molecular weight excluding hydrogens is 1440 g/mol. The van der Waals surface area contributed by atoms with Gasteiger partial charge in [0.15, 0.2) is 0 Å². The quantitative estimate of drug-likeness (QED) is 0.0179. The van der Waals surface area contributed by atoms with Gasteiger partial charge < -0.3 is 80.4 Å². The van der Waals surface area contributed by atoms with E-state index < -0.39 is 120 Å². The van der Waals surface area contributed by atoms with Crippen molar-refractivity contribution in [3.63, 3.8) is 0 Å². The first-order valence-corrected chi connectivity index (χ1v) is 35.4. The Bertz CT molecular complexity index is 3340. The molecule has 1 saturated carbocycles. The maximum Gasteiger partial charge on any atom is 0.408 e. The third-order valence-electron chi connectivity index (χ3n) is 15.5. The molecule has 0 aliphatic heterocycles. The number of hydrogen-bond acceptors (Lipinski definition) is 16. The zero-order valence-electron chi connectivity index (χ0n) is 58.4. The Morgan fingerprint density at radius 3 is 0.775 bits per heavy atom. The zero-order chi connectivity index (χ0) is 73.3. The Morgan fingerprint density at radius 1 is 0.324 bits per heavy atom. The van der Waals surface area contributed by atoms with E-state index in [0.29, 0.717) is 25.7 Å². The van der Waals surface area contributed by atoms with Crippen molar-refractivity contribution in [3.8, 4) is 0 Å². The average molecular weight is 1540 g/mol. The Kier molecular flexibility index (Phi) is 33.3. The van der Waals surface area contributed by atoms with Gasteiger partial charge in [0, 0.05) is 21.0 Å². The van der Waals surface area contributed by atoms with Gasteiger partial charge in [0.2, 0.25) is 35.4 Å². The predicted molar refractivity (Wildman–Crippen MR) is 388 cm³/mol. The van der Waals surface area contributed by atoms with Gasteiger partial charge in [-0.05, 0) is 112 Å². The number of carbonyl (C=O) groups excluding carboxylic acids is 8. The van der Waals surface area contributed by atoms with Crippen LogP contribution < -0.4 is 42.5 Å². The van der Waals surface area contributed by atoms with Crippen LogP contribution in [0.2, 0.25) is 0 Å². The zero-order valence-corrected chi connectivity index (χ0v) is 61.6. The number of halogens is 2. The van der Waals surface area contributed by atoms with Crippen molar-refractivity contribution in [2.24, 2.45) is 0 Å². The van der Waals surface area contributed by atoms with Gasteiger partial charge in [-0.1, -0.05) is 190 Å². The van der Waals surface area contributed by atoms with Crippen LogP contribution in [0.4, 0.5) is 9.59 Å². The third-order valence-corrected chi connectivity index (χ3v) is 16.5. The van der Waals surface area contributed by atoms with Crippen LogP contribution in [0, 0.1) is 0 Å². The fourth-order valence-electron chi connectivity index (χ4n) is 10.4. The highest BCUT2D eigenvalue weighted by molar-refractivity contribution is 9.10. The van der Waals surface area contributed by atoms with Gasteiger partial charge in [-0.15, -0.1) is 0 Å². The topological polar surface area (TPSA) is 307 Å². The number of nitrogens with one attached hydrogen (secondary N) is 8. The van der Waals surface area contributed by atoms with Crippen LogP contribution >= 0.6 is 31.9 Å². The molecule has 0 saturated heterocycles. The number of rotatable bonds is 38. The summed E-state index contributed by atoms with van der Waals surface area (Å²) >= 11 is 6.86. The van der Waals surface area contributed by atoms with Gasteiger partial charge >= 0.3 is 12.2 Å². The van der Waals surface area contributed by atoms with Crippen LogP contribution in [0.3, 0.4) is 0 Å². The molecule has 102 heavy (non-hydrogen) atoms. The van der Waals surface area contributed by atoms with Crippen molar-refractivity contribution < 1.29 is 76.3 Å². The summed E-state index contributed by atoms with van der Waals surface area (Å²) in [4.78, 5) is 115. The molecule has 7 rings (SSSR count). The molecule has 1 aliphatic carbocycles. The van der Waals surface area contributed by atoms with E-state index >= 15 is 0 Å². The number of ether oxygens (including phenoxy) is 8. The van der Waals surface area contributed by atoms with Crippen LogP contribution in [0.1, 0.15) is 101 Å². The molecule has 8 N–H and O–H groups in total. The second-order valence-corrected chi connectivity index (χ2v) is 28.3. The van der Waals surface area contributed by atoms with Gasteiger partial charge in [0.05, 0.1) is 79.3 Å². The summed E-state index contributed by atoms with van der Waals surface area (Å²) in [7, 11) is 0. The molecule has 6 aromatic rings. The van der Waals surface area contributed by atoms with E-state index in [1.807, 2.05) is 170 Å². The normalized spacial score (nSPS) is 15.5. The molecule has 0 aromatic heterocycles. The first kappa shape index (κ1) is 80.7. The molecule has 26 heteroatoms. The Hall–Kier alpha value is -8.60. The highest BCUT2D eigenvalue weighted by Gasteiger charge is 2.37. The van der Waals surface area contributed by atoms with Gasteiger partial charge in [-0.25, -0.2) is 9.59 Å². The molecule has 1 aliphatic rings. The van der Waals surface area contributed by atoms with Crippen LogP contribution in [0.25, 0.3) is 0 Å².